The highest BCUT2D eigenvalue weighted by atomic mass is 35.5. The van der Waals surface area contributed by atoms with E-state index >= 15 is 0 Å². The minimum absolute atomic E-state index is 0.104. The summed E-state index contributed by atoms with van der Waals surface area (Å²) in [6.07, 6.45) is 4.66. The fraction of sp³-hybridized carbons (Fsp3) is 0.316. The highest BCUT2D eigenvalue weighted by Gasteiger charge is 2.26. The first-order chi connectivity index (χ1) is 13.1. The molecule has 2 amide bonds. The van der Waals surface area contributed by atoms with Gasteiger partial charge in [-0.2, -0.15) is 5.10 Å². The van der Waals surface area contributed by atoms with Crippen molar-refractivity contribution in [2.45, 2.75) is 19.3 Å². The molecule has 1 aliphatic heterocycles. The molecule has 8 heteroatoms. The number of halogens is 1. The predicted octanol–water partition coefficient (Wildman–Crippen LogP) is 4.17. The van der Waals surface area contributed by atoms with Crippen molar-refractivity contribution in [2.24, 2.45) is 7.05 Å². The van der Waals surface area contributed by atoms with Crippen molar-refractivity contribution in [1.82, 2.24) is 14.7 Å². The molecule has 0 atom stereocenters. The molecule has 0 saturated carbocycles. The predicted molar refractivity (Wildman–Crippen MR) is 108 cm³/mol. The van der Waals surface area contributed by atoms with Crippen LogP contribution in [0.1, 0.15) is 39.4 Å². The first-order valence-electron chi connectivity index (χ1n) is 8.86. The Morgan fingerprint density at radius 3 is 2.67 bits per heavy atom. The number of hydrogen-bond donors (Lipinski definition) is 1. The Balaban J connectivity index is 1.62. The molecule has 0 unspecified atom stereocenters. The fourth-order valence-electron chi connectivity index (χ4n) is 3.37. The zero-order chi connectivity index (χ0) is 19.0. The van der Waals surface area contributed by atoms with Gasteiger partial charge in [0.25, 0.3) is 11.8 Å². The van der Waals surface area contributed by atoms with Gasteiger partial charge in [-0.25, -0.2) is 0 Å². The van der Waals surface area contributed by atoms with E-state index in [0.29, 0.717) is 21.3 Å². The number of fused-ring (bicyclic) bond motifs is 1. The zero-order valence-corrected chi connectivity index (χ0v) is 16.4. The van der Waals surface area contributed by atoms with Gasteiger partial charge in [-0.15, -0.1) is 11.3 Å². The maximum Gasteiger partial charge on any atom is 0.274 e. The highest BCUT2D eigenvalue weighted by molar-refractivity contribution is 7.21. The van der Waals surface area contributed by atoms with E-state index in [9.17, 15) is 9.59 Å². The molecule has 6 nitrogen and oxygen atoms in total. The van der Waals surface area contributed by atoms with Crippen molar-refractivity contribution in [1.29, 1.82) is 0 Å². The van der Waals surface area contributed by atoms with Crippen LogP contribution in [0.25, 0.3) is 10.1 Å². The Morgan fingerprint density at radius 2 is 1.93 bits per heavy atom. The highest BCUT2D eigenvalue weighted by Crippen LogP contribution is 2.35. The number of aryl methyl sites for hydroxylation is 1. The van der Waals surface area contributed by atoms with Crippen molar-refractivity contribution in [3.63, 3.8) is 0 Å². The summed E-state index contributed by atoms with van der Waals surface area (Å²) in [5, 5.41) is 8.28. The number of benzene rings is 1. The summed E-state index contributed by atoms with van der Waals surface area (Å²) in [5.74, 6) is -0.436. The summed E-state index contributed by atoms with van der Waals surface area (Å²) in [4.78, 5) is 28.0. The lowest BCUT2D eigenvalue weighted by molar-refractivity contribution is 0.0714. The van der Waals surface area contributed by atoms with Crippen LogP contribution in [-0.4, -0.2) is 39.6 Å². The molecule has 1 fully saturated rings. The second-order valence-corrected chi connectivity index (χ2v) is 8.01. The number of anilines is 1. The minimum atomic E-state index is -0.332. The summed E-state index contributed by atoms with van der Waals surface area (Å²) < 4.78 is 2.46. The molecule has 1 saturated heterocycles. The summed E-state index contributed by atoms with van der Waals surface area (Å²) in [7, 11) is 1.71. The Labute approximate surface area is 165 Å². The number of nitrogens with one attached hydrogen (secondary N) is 1. The Hall–Kier alpha value is -2.38. The van der Waals surface area contributed by atoms with Crippen LogP contribution in [0, 0.1) is 0 Å². The number of amides is 2. The zero-order valence-electron chi connectivity index (χ0n) is 14.9. The molecule has 3 aromatic rings. The maximum atomic E-state index is 12.9. The maximum absolute atomic E-state index is 12.9. The lowest BCUT2D eigenvalue weighted by Crippen LogP contribution is -2.37. The van der Waals surface area contributed by atoms with Crippen LogP contribution in [-0.2, 0) is 7.05 Å². The molecular formula is C19H19ClN4O2S. The van der Waals surface area contributed by atoms with Gasteiger partial charge in [-0.3, -0.25) is 14.3 Å². The Bertz CT molecular complexity index is 1020. The van der Waals surface area contributed by atoms with E-state index in [1.807, 2.05) is 29.2 Å². The van der Waals surface area contributed by atoms with Gasteiger partial charge in [0, 0.05) is 30.2 Å². The quantitative estimate of drug-likeness (QED) is 0.715. The number of thiophene rings is 1. The monoisotopic (exact) mass is 402 g/mol. The van der Waals surface area contributed by atoms with Crippen LogP contribution in [0.3, 0.4) is 0 Å². The van der Waals surface area contributed by atoms with Crippen LogP contribution in [0.4, 0.5) is 5.69 Å². The summed E-state index contributed by atoms with van der Waals surface area (Å²) in [6, 6.07) is 7.62. The first kappa shape index (κ1) is 18.0. The lowest BCUT2D eigenvalue weighted by atomic mass is 10.1. The molecule has 0 bridgehead atoms. The topological polar surface area (TPSA) is 67.2 Å². The second-order valence-electron chi connectivity index (χ2n) is 6.58. The van der Waals surface area contributed by atoms with Crippen LogP contribution >= 0.6 is 22.9 Å². The van der Waals surface area contributed by atoms with Crippen molar-refractivity contribution >= 4 is 50.5 Å². The van der Waals surface area contributed by atoms with Crippen LogP contribution in [0.2, 0.25) is 5.02 Å². The van der Waals surface area contributed by atoms with Crippen LogP contribution in [0.15, 0.2) is 30.5 Å². The van der Waals surface area contributed by atoms with E-state index in [1.165, 1.54) is 22.2 Å². The van der Waals surface area contributed by atoms with E-state index in [1.54, 1.807) is 7.05 Å². The second kappa shape index (κ2) is 7.32. The fourth-order valence-corrected chi connectivity index (χ4v) is 4.78. The van der Waals surface area contributed by atoms with Gasteiger partial charge in [-0.05, 0) is 25.3 Å². The summed E-state index contributed by atoms with van der Waals surface area (Å²) >= 11 is 7.73. The molecule has 1 aliphatic rings. The van der Waals surface area contributed by atoms with Gasteiger partial charge in [0.05, 0.1) is 16.9 Å². The molecule has 0 aliphatic carbocycles. The molecule has 0 radical (unpaired) electrons. The average molecular weight is 403 g/mol. The normalized spacial score (nSPS) is 14.5. The van der Waals surface area contributed by atoms with Gasteiger partial charge in [0.2, 0.25) is 0 Å². The third kappa shape index (κ3) is 3.33. The van der Waals surface area contributed by atoms with E-state index in [0.717, 1.165) is 42.4 Å². The molecule has 27 heavy (non-hydrogen) atoms. The first-order valence-corrected chi connectivity index (χ1v) is 10.1. The molecule has 3 heterocycles. The lowest BCUT2D eigenvalue weighted by Gasteiger charge is -2.27. The summed E-state index contributed by atoms with van der Waals surface area (Å²) in [6.45, 7) is 1.47. The van der Waals surface area contributed by atoms with E-state index < -0.39 is 0 Å². The minimum Gasteiger partial charge on any atom is -0.337 e. The molecule has 140 valence electrons. The van der Waals surface area contributed by atoms with Gasteiger partial charge in [-0.1, -0.05) is 29.8 Å². The number of hydrogen-bond acceptors (Lipinski definition) is 4. The molecule has 4 rings (SSSR count). The smallest absolute Gasteiger partial charge is 0.274 e. The molecular weight excluding hydrogens is 384 g/mol. The Morgan fingerprint density at radius 1 is 1.19 bits per heavy atom. The van der Waals surface area contributed by atoms with E-state index in [4.69, 9.17) is 11.6 Å². The number of piperidine rings is 1. The van der Waals surface area contributed by atoms with Crippen molar-refractivity contribution in [3.8, 4) is 0 Å². The SMILES string of the molecule is Cn1ncc(NC(=O)c2sc3ccccc3c2Cl)c1C(=O)N1CCCCC1. The van der Waals surface area contributed by atoms with Crippen LogP contribution in [0.5, 0.6) is 0 Å². The molecule has 2 aromatic heterocycles. The van der Waals surface area contributed by atoms with Gasteiger partial charge >= 0.3 is 0 Å². The molecule has 0 spiro atoms. The number of nitrogens with zero attached hydrogens (tertiary/aromatic N) is 3. The van der Waals surface area contributed by atoms with Gasteiger partial charge < -0.3 is 10.2 Å². The van der Waals surface area contributed by atoms with Crippen molar-refractivity contribution in [3.05, 3.63) is 46.1 Å². The van der Waals surface area contributed by atoms with Gasteiger partial charge in [0.15, 0.2) is 0 Å². The largest absolute Gasteiger partial charge is 0.337 e. The molecule has 1 aromatic carbocycles. The summed E-state index contributed by atoms with van der Waals surface area (Å²) in [5.41, 5.74) is 0.800. The van der Waals surface area contributed by atoms with E-state index in [-0.39, 0.29) is 11.8 Å². The third-order valence-electron chi connectivity index (χ3n) is 4.77. The third-order valence-corrected chi connectivity index (χ3v) is 6.45. The van der Waals surface area contributed by atoms with Crippen LogP contribution < -0.4 is 5.32 Å². The number of carbonyl (C=O) groups is 2. The number of aromatic nitrogens is 2. The van der Waals surface area contributed by atoms with Crippen molar-refractivity contribution in [2.75, 3.05) is 18.4 Å². The average Bonchev–Trinajstić information content (AvgIpc) is 3.22. The van der Waals surface area contributed by atoms with Gasteiger partial charge in [0.1, 0.15) is 10.6 Å². The van der Waals surface area contributed by atoms with Crippen molar-refractivity contribution < 1.29 is 9.59 Å². The standard InChI is InChI=1S/C19H19ClN4O2S/c1-23-16(19(26)24-9-5-2-6-10-24)13(11-21-23)22-18(25)17-15(20)12-7-3-4-8-14(12)27-17/h3-4,7-8,11H,2,5-6,9-10H2,1H3,(H,22,25). The number of likely N-dealkylation sites (tertiary alicyclic amines) is 1. The molecule has 1 N–H and O–H groups in total. The number of rotatable bonds is 3. The van der Waals surface area contributed by atoms with E-state index in [2.05, 4.69) is 10.4 Å². The number of carbonyl (C=O) groups excluding carboxylic acids is 2. The Kier molecular flexibility index (Phi) is 4.88.